The molecule has 0 fully saturated rings. The lowest BCUT2D eigenvalue weighted by molar-refractivity contribution is 0.0938. The zero-order valence-electron chi connectivity index (χ0n) is 11.8. The van der Waals surface area contributed by atoms with Gasteiger partial charge in [0, 0.05) is 16.1 Å². The third-order valence-electron chi connectivity index (χ3n) is 3.29. The second-order valence-corrected chi connectivity index (χ2v) is 6.00. The Morgan fingerprint density at radius 3 is 2.38 bits per heavy atom. The zero-order valence-corrected chi connectivity index (χ0v) is 13.4. The van der Waals surface area contributed by atoms with E-state index < -0.39 is 0 Å². The fourth-order valence-electron chi connectivity index (χ4n) is 2.03. The fourth-order valence-corrected chi connectivity index (χ4v) is 2.29. The van der Waals surface area contributed by atoms with E-state index in [1.54, 1.807) is 24.3 Å². The van der Waals surface area contributed by atoms with Crippen LogP contribution in [0.1, 0.15) is 29.3 Å². The van der Waals surface area contributed by atoms with Gasteiger partial charge in [0.25, 0.3) is 5.91 Å². The number of aryl methyl sites for hydroxylation is 1. The van der Waals surface area contributed by atoms with E-state index in [1.165, 1.54) is 0 Å². The van der Waals surface area contributed by atoms with Crippen LogP contribution in [0.15, 0.2) is 53.0 Å². The molecule has 1 unspecified atom stereocenters. The molecule has 0 saturated carbocycles. The Morgan fingerprint density at radius 2 is 1.76 bits per heavy atom. The highest BCUT2D eigenvalue weighted by Crippen LogP contribution is 2.13. The third-order valence-corrected chi connectivity index (χ3v) is 3.81. The largest absolute Gasteiger partial charge is 0.508 e. The van der Waals surface area contributed by atoms with Crippen LogP contribution in [0.2, 0.25) is 0 Å². The van der Waals surface area contributed by atoms with E-state index in [1.807, 2.05) is 31.2 Å². The molecule has 0 saturated heterocycles. The molecule has 0 bridgehead atoms. The molecule has 2 N–H and O–H groups in total. The number of phenolic OH excluding ortho intramolecular Hbond substituents is 1. The van der Waals surface area contributed by atoms with Gasteiger partial charge in [-0.05, 0) is 61.7 Å². The minimum Gasteiger partial charge on any atom is -0.508 e. The molecule has 0 aliphatic carbocycles. The van der Waals surface area contributed by atoms with Crippen molar-refractivity contribution in [2.45, 2.75) is 25.8 Å². The predicted octanol–water partition coefficient (Wildman–Crippen LogP) is 3.91. The van der Waals surface area contributed by atoms with Crippen molar-refractivity contribution in [2.24, 2.45) is 0 Å². The lowest BCUT2D eigenvalue weighted by Crippen LogP contribution is -2.32. The highest BCUT2D eigenvalue weighted by Gasteiger charge is 2.09. The van der Waals surface area contributed by atoms with Crippen molar-refractivity contribution in [3.05, 3.63) is 64.1 Å². The number of hydrogen-bond donors (Lipinski definition) is 2. The summed E-state index contributed by atoms with van der Waals surface area (Å²) in [5.74, 6) is 0.219. The monoisotopic (exact) mass is 347 g/mol. The Kier molecular flexibility index (Phi) is 5.39. The van der Waals surface area contributed by atoms with E-state index in [0.29, 0.717) is 5.56 Å². The first-order valence-corrected chi connectivity index (χ1v) is 7.68. The fraction of sp³-hybridized carbons (Fsp3) is 0.235. The van der Waals surface area contributed by atoms with E-state index in [2.05, 4.69) is 21.2 Å². The van der Waals surface area contributed by atoms with Gasteiger partial charge < -0.3 is 10.4 Å². The quantitative estimate of drug-likeness (QED) is 0.861. The van der Waals surface area contributed by atoms with Crippen molar-refractivity contribution in [1.82, 2.24) is 5.32 Å². The second kappa shape index (κ2) is 7.27. The van der Waals surface area contributed by atoms with Crippen molar-refractivity contribution >= 4 is 21.8 Å². The summed E-state index contributed by atoms with van der Waals surface area (Å²) in [4.78, 5) is 12.1. The third kappa shape index (κ3) is 4.90. The number of nitrogens with one attached hydrogen (secondary N) is 1. The molecule has 0 heterocycles. The van der Waals surface area contributed by atoms with Crippen LogP contribution in [0.3, 0.4) is 0 Å². The predicted molar refractivity (Wildman–Crippen MR) is 87.5 cm³/mol. The summed E-state index contributed by atoms with van der Waals surface area (Å²) in [6.07, 6.45) is 1.72. The Balaban J connectivity index is 1.83. The van der Waals surface area contributed by atoms with Gasteiger partial charge in [0.2, 0.25) is 0 Å². The topological polar surface area (TPSA) is 49.3 Å². The van der Waals surface area contributed by atoms with E-state index in [9.17, 15) is 9.90 Å². The molecule has 0 aliphatic rings. The summed E-state index contributed by atoms with van der Waals surface area (Å²) in [5.41, 5.74) is 1.81. The molecule has 1 atom stereocenters. The Labute approximate surface area is 133 Å². The summed E-state index contributed by atoms with van der Waals surface area (Å²) in [5, 5.41) is 12.2. The van der Waals surface area contributed by atoms with Gasteiger partial charge in [-0.1, -0.05) is 28.1 Å². The smallest absolute Gasteiger partial charge is 0.251 e. The maximum absolute atomic E-state index is 12.1. The molecule has 2 rings (SSSR count). The summed E-state index contributed by atoms with van der Waals surface area (Å²) in [7, 11) is 0. The summed E-state index contributed by atoms with van der Waals surface area (Å²) < 4.78 is 0.958. The molecule has 2 aromatic carbocycles. The minimum atomic E-state index is -0.0549. The highest BCUT2D eigenvalue weighted by molar-refractivity contribution is 9.10. The molecular weight excluding hydrogens is 330 g/mol. The highest BCUT2D eigenvalue weighted by atomic mass is 79.9. The lowest BCUT2D eigenvalue weighted by Gasteiger charge is -2.14. The number of phenols is 1. The lowest BCUT2D eigenvalue weighted by atomic mass is 10.1. The minimum absolute atomic E-state index is 0.0549. The number of amides is 1. The summed E-state index contributed by atoms with van der Waals surface area (Å²) >= 11 is 3.35. The molecular formula is C17H18BrNO2. The maximum Gasteiger partial charge on any atom is 0.251 e. The van der Waals surface area contributed by atoms with Gasteiger partial charge in [-0.3, -0.25) is 4.79 Å². The van der Waals surface area contributed by atoms with Gasteiger partial charge in [-0.2, -0.15) is 0 Å². The number of rotatable bonds is 5. The van der Waals surface area contributed by atoms with Crippen molar-refractivity contribution in [1.29, 1.82) is 0 Å². The van der Waals surface area contributed by atoms with E-state index in [-0.39, 0.29) is 17.7 Å². The van der Waals surface area contributed by atoms with E-state index in [0.717, 1.165) is 22.9 Å². The van der Waals surface area contributed by atoms with Crippen molar-refractivity contribution in [3.8, 4) is 5.75 Å². The number of benzene rings is 2. The zero-order chi connectivity index (χ0) is 15.2. The molecule has 0 spiro atoms. The molecule has 3 nitrogen and oxygen atoms in total. The number of carbonyl (C=O) groups excluding carboxylic acids is 1. The van der Waals surface area contributed by atoms with Crippen LogP contribution in [-0.2, 0) is 6.42 Å². The molecule has 21 heavy (non-hydrogen) atoms. The Bertz CT molecular complexity index is 593. The number of aromatic hydroxyl groups is 1. The van der Waals surface area contributed by atoms with Gasteiger partial charge in [0.1, 0.15) is 5.75 Å². The number of halogens is 1. The van der Waals surface area contributed by atoms with Gasteiger partial charge in [-0.25, -0.2) is 0 Å². The molecule has 110 valence electrons. The van der Waals surface area contributed by atoms with Crippen LogP contribution in [0.4, 0.5) is 0 Å². The number of hydrogen-bond acceptors (Lipinski definition) is 2. The van der Waals surface area contributed by atoms with Crippen LogP contribution in [0, 0.1) is 0 Å². The maximum atomic E-state index is 12.1. The Hall–Kier alpha value is -1.81. The normalized spacial score (nSPS) is 11.9. The van der Waals surface area contributed by atoms with Gasteiger partial charge in [0.15, 0.2) is 0 Å². The molecule has 0 aliphatic heterocycles. The Morgan fingerprint density at radius 1 is 1.14 bits per heavy atom. The standard InChI is InChI=1S/C17H18BrNO2/c1-12(2-3-13-4-10-16(20)11-5-13)19-17(21)14-6-8-15(18)9-7-14/h4-12,20H,2-3H2,1H3,(H,19,21). The van der Waals surface area contributed by atoms with E-state index >= 15 is 0 Å². The van der Waals surface area contributed by atoms with Crippen LogP contribution in [0.5, 0.6) is 5.75 Å². The van der Waals surface area contributed by atoms with Gasteiger partial charge >= 0.3 is 0 Å². The van der Waals surface area contributed by atoms with Gasteiger partial charge in [0.05, 0.1) is 0 Å². The molecule has 0 aromatic heterocycles. The van der Waals surface area contributed by atoms with Crippen molar-refractivity contribution in [2.75, 3.05) is 0 Å². The van der Waals surface area contributed by atoms with Crippen molar-refractivity contribution < 1.29 is 9.90 Å². The number of carbonyl (C=O) groups is 1. The first-order valence-electron chi connectivity index (χ1n) is 6.89. The van der Waals surface area contributed by atoms with Crippen LogP contribution in [0.25, 0.3) is 0 Å². The molecule has 4 heteroatoms. The molecule has 2 aromatic rings. The first-order chi connectivity index (χ1) is 10.0. The van der Waals surface area contributed by atoms with Crippen LogP contribution in [-0.4, -0.2) is 17.1 Å². The second-order valence-electron chi connectivity index (χ2n) is 5.09. The summed E-state index contributed by atoms with van der Waals surface area (Å²) in [6, 6.07) is 14.6. The molecule has 1 amide bonds. The van der Waals surface area contributed by atoms with Crippen LogP contribution < -0.4 is 5.32 Å². The average Bonchev–Trinajstić information content (AvgIpc) is 2.47. The first kappa shape index (κ1) is 15.6. The molecule has 0 radical (unpaired) electrons. The van der Waals surface area contributed by atoms with Gasteiger partial charge in [-0.15, -0.1) is 0 Å². The van der Waals surface area contributed by atoms with Crippen molar-refractivity contribution in [3.63, 3.8) is 0 Å². The summed E-state index contributed by atoms with van der Waals surface area (Å²) in [6.45, 7) is 2.00. The van der Waals surface area contributed by atoms with Crippen LogP contribution >= 0.6 is 15.9 Å². The SMILES string of the molecule is CC(CCc1ccc(O)cc1)NC(=O)c1ccc(Br)cc1. The average molecular weight is 348 g/mol. The van der Waals surface area contributed by atoms with E-state index in [4.69, 9.17) is 0 Å².